The second-order valence-corrected chi connectivity index (χ2v) is 5.67. The molecular formula is C14H14O3S. The molecule has 2 aromatic carbocycles. The zero-order chi connectivity index (χ0) is 13.2. The summed E-state index contributed by atoms with van der Waals surface area (Å²) in [5.74, 6) is 0. The number of hydrogen-bond donors (Lipinski definition) is 0. The fourth-order valence-electron chi connectivity index (χ4n) is 1.79. The highest BCUT2D eigenvalue weighted by Gasteiger charge is 2.12. The lowest BCUT2D eigenvalue weighted by Crippen LogP contribution is -2.02. The SMILES string of the molecule is COS(=O)(=O)c1ccc(-c2ccccc2C)cc1. The van der Waals surface area contributed by atoms with E-state index >= 15 is 0 Å². The lowest BCUT2D eigenvalue weighted by atomic mass is 10.0. The molecule has 3 nitrogen and oxygen atoms in total. The van der Waals surface area contributed by atoms with E-state index in [9.17, 15) is 8.42 Å². The van der Waals surface area contributed by atoms with Crippen LogP contribution in [0, 0.1) is 6.92 Å². The van der Waals surface area contributed by atoms with Crippen molar-refractivity contribution in [2.24, 2.45) is 0 Å². The molecule has 0 fully saturated rings. The number of benzene rings is 2. The average molecular weight is 262 g/mol. The second-order valence-electron chi connectivity index (χ2n) is 3.96. The minimum atomic E-state index is -3.61. The van der Waals surface area contributed by atoms with Gasteiger partial charge in [-0.25, -0.2) is 0 Å². The van der Waals surface area contributed by atoms with Crippen molar-refractivity contribution in [2.45, 2.75) is 11.8 Å². The first kappa shape index (κ1) is 12.8. The predicted molar refractivity (Wildman–Crippen MR) is 70.8 cm³/mol. The topological polar surface area (TPSA) is 43.4 Å². The molecule has 0 saturated carbocycles. The highest BCUT2D eigenvalue weighted by Crippen LogP contribution is 2.24. The molecule has 0 aliphatic heterocycles. The van der Waals surface area contributed by atoms with Crippen molar-refractivity contribution in [3.63, 3.8) is 0 Å². The van der Waals surface area contributed by atoms with E-state index in [1.807, 2.05) is 31.2 Å². The van der Waals surface area contributed by atoms with Gasteiger partial charge in [0.15, 0.2) is 0 Å². The van der Waals surface area contributed by atoms with Crippen LogP contribution in [0.15, 0.2) is 53.4 Å². The normalized spacial score (nSPS) is 11.4. The van der Waals surface area contributed by atoms with Crippen molar-refractivity contribution in [1.29, 1.82) is 0 Å². The van der Waals surface area contributed by atoms with Crippen LogP contribution in [-0.4, -0.2) is 15.5 Å². The molecule has 0 aromatic heterocycles. The Kier molecular flexibility index (Phi) is 3.50. The summed E-state index contributed by atoms with van der Waals surface area (Å²) in [5, 5.41) is 0. The van der Waals surface area contributed by atoms with Crippen LogP contribution in [0.2, 0.25) is 0 Å². The first-order valence-electron chi connectivity index (χ1n) is 5.51. The van der Waals surface area contributed by atoms with Gasteiger partial charge in [0.25, 0.3) is 10.1 Å². The fourth-order valence-corrected chi connectivity index (χ4v) is 2.46. The summed E-state index contributed by atoms with van der Waals surface area (Å²) in [6.45, 7) is 2.02. The third-order valence-corrected chi connectivity index (χ3v) is 4.11. The summed E-state index contributed by atoms with van der Waals surface area (Å²) in [5.41, 5.74) is 3.24. The monoisotopic (exact) mass is 262 g/mol. The molecule has 94 valence electrons. The van der Waals surface area contributed by atoms with Gasteiger partial charge in [0.05, 0.1) is 12.0 Å². The summed E-state index contributed by atoms with van der Waals surface area (Å²) in [6.07, 6.45) is 0. The minimum absolute atomic E-state index is 0.169. The van der Waals surface area contributed by atoms with E-state index in [2.05, 4.69) is 4.18 Å². The van der Waals surface area contributed by atoms with Crippen LogP contribution in [-0.2, 0) is 14.3 Å². The zero-order valence-electron chi connectivity index (χ0n) is 10.3. The molecule has 0 aliphatic carbocycles. The highest BCUT2D eigenvalue weighted by atomic mass is 32.2. The molecule has 18 heavy (non-hydrogen) atoms. The van der Waals surface area contributed by atoms with Crippen LogP contribution in [0.25, 0.3) is 11.1 Å². The molecule has 2 aromatic rings. The first-order valence-corrected chi connectivity index (χ1v) is 6.92. The van der Waals surface area contributed by atoms with Crippen LogP contribution >= 0.6 is 0 Å². The third-order valence-electron chi connectivity index (χ3n) is 2.82. The highest BCUT2D eigenvalue weighted by molar-refractivity contribution is 7.86. The van der Waals surface area contributed by atoms with Crippen molar-refractivity contribution in [1.82, 2.24) is 0 Å². The Morgan fingerprint density at radius 3 is 2.11 bits per heavy atom. The Morgan fingerprint density at radius 2 is 1.56 bits per heavy atom. The molecule has 0 radical (unpaired) electrons. The van der Waals surface area contributed by atoms with Gasteiger partial charge in [-0.15, -0.1) is 0 Å². The van der Waals surface area contributed by atoms with Gasteiger partial charge in [-0.2, -0.15) is 8.42 Å². The van der Waals surface area contributed by atoms with Gasteiger partial charge in [0.1, 0.15) is 0 Å². The molecule has 0 spiro atoms. The van der Waals surface area contributed by atoms with Gasteiger partial charge in [-0.05, 0) is 35.7 Å². The van der Waals surface area contributed by atoms with Crippen LogP contribution in [0.4, 0.5) is 0 Å². The maximum absolute atomic E-state index is 11.5. The van der Waals surface area contributed by atoms with Crippen molar-refractivity contribution >= 4 is 10.1 Å². The maximum Gasteiger partial charge on any atom is 0.296 e. The molecule has 0 N–H and O–H groups in total. The quantitative estimate of drug-likeness (QED) is 0.799. The van der Waals surface area contributed by atoms with Crippen LogP contribution in [0.3, 0.4) is 0 Å². The third kappa shape index (κ3) is 2.44. The van der Waals surface area contributed by atoms with E-state index in [1.54, 1.807) is 24.3 Å². The Bertz CT molecular complexity index is 643. The number of hydrogen-bond acceptors (Lipinski definition) is 3. The van der Waals surface area contributed by atoms with Crippen molar-refractivity contribution in [3.8, 4) is 11.1 Å². The van der Waals surface area contributed by atoms with E-state index < -0.39 is 10.1 Å². The lowest BCUT2D eigenvalue weighted by molar-refractivity contribution is 0.398. The van der Waals surface area contributed by atoms with E-state index in [0.29, 0.717) is 0 Å². The molecule has 0 amide bonds. The Morgan fingerprint density at radius 1 is 0.944 bits per heavy atom. The van der Waals surface area contributed by atoms with Gasteiger partial charge in [-0.1, -0.05) is 36.4 Å². The van der Waals surface area contributed by atoms with E-state index in [4.69, 9.17) is 0 Å². The molecule has 0 saturated heterocycles. The number of aryl methyl sites for hydroxylation is 1. The Balaban J connectivity index is 2.43. The van der Waals surface area contributed by atoms with E-state index in [1.165, 1.54) is 0 Å². The molecule has 0 atom stereocenters. The minimum Gasteiger partial charge on any atom is -0.270 e. The molecule has 0 unspecified atom stereocenters. The molecule has 0 bridgehead atoms. The fraction of sp³-hybridized carbons (Fsp3) is 0.143. The lowest BCUT2D eigenvalue weighted by Gasteiger charge is -2.07. The van der Waals surface area contributed by atoms with Crippen molar-refractivity contribution in [2.75, 3.05) is 7.11 Å². The van der Waals surface area contributed by atoms with Gasteiger partial charge in [0.2, 0.25) is 0 Å². The largest absolute Gasteiger partial charge is 0.296 e. The summed E-state index contributed by atoms with van der Waals surface area (Å²) >= 11 is 0. The van der Waals surface area contributed by atoms with Crippen molar-refractivity contribution < 1.29 is 12.6 Å². The van der Waals surface area contributed by atoms with Crippen molar-refractivity contribution in [3.05, 3.63) is 54.1 Å². The van der Waals surface area contributed by atoms with Gasteiger partial charge >= 0.3 is 0 Å². The molecular weight excluding hydrogens is 248 g/mol. The maximum atomic E-state index is 11.5. The Hall–Kier alpha value is -1.65. The van der Waals surface area contributed by atoms with Crippen LogP contribution in [0.1, 0.15) is 5.56 Å². The molecule has 4 heteroatoms. The van der Waals surface area contributed by atoms with Crippen LogP contribution < -0.4 is 0 Å². The van der Waals surface area contributed by atoms with Gasteiger partial charge in [-0.3, -0.25) is 4.18 Å². The summed E-state index contributed by atoms with van der Waals surface area (Å²) in [7, 11) is -2.45. The van der Waals surface area contributed by atoms with Crippen LogP contribution in [0.5, 0.6) is 0 Å². The molecule has 0 aliphatic rings. The Labute approximate surface area is 107 Å². The summed E-state index contributed by atoms with van der Waals surface area (Å²) in [6, 6.07) is 14.7. The summed E-state index contributed by atoms with van der Waals surface area (Å²) in [4.78, 5) is 0.169. The molecule has 0 heterocycles. The van der Waals surface area contributed by atoms with Gasteiger partial charge in [0, 0.05) is 0 Å². The van der Waals surface area contributed by atoms with Gasteiger partial charge < -0.3 is 0 Å². The molecule has 2 rings (SSSR count). The van der Waals surface area contributed by atoms with E-state index in [-0.39, 0.29) is 4.90 Å². The zero-order valence-corrected chi connectivity index (χ0v) is 11.1. The smallest absolute Gasteiger partial charge is 0.270 e. The standard InChI is InChI=1S/C14H14O3S/c1-11-5-3-4-6-14(11)12-7-9-13(10-8-12)18(15,16)17-2/h3-10H,1-2H3. The first-order chi connectivity index (χ1) is 8.54. The summed E-state index contributed by atoms with van der Waals surface area (Å²) < 4.78 is 27.5. The second kappa shape index (κ2) is 4.92. The average Bonchev–Trinajstić information content (AvgIpc) is 2.39. The van der Waals surface area contributed by atoms with E-state index in [0.717, 1.165) is 23.8 Å². The predicted octanol–water partition coefficient (Wildman–Crippen LogP) is 3.00. The number of rotatable bonds is 3.